The fraction of sp³-hybridized carbons (Fsp3) is 0.500. The quantitative estimate of drug-likeness (QED) is 0.865. The standard InChI is InChI=1S/C18H23N3O3/c1-13(2)18(23)21-7-3-6-20(8-9-21)17(22)11-14-4-5-15-16(10-14)24-12-19-15/h4-5,10,12-13H,3,6-9,11H2,1-2H3. The van der Waals surface area contributed by atoms with Gasteiger partial charge in [0.2, 0.25) is 11.8 Å². The van der Waals surface area contributed by atoms with Crippen LogP contribution >= 0.6 is 0 Å². The van der Waals surface area contributed by atoms with Crippen molar-refractivity contribution in [3.05, 3.63) is 30.2 Å². The molecular weight excluding hydrogens is 306 g/mol. The van der Waals surface area contributed by atoms with Gasteiger partial charge in [-0.1, -0.05) is 19.9 Å². The van der Waals surface area contributed by atoms with Crippen LogP contribution < -0.4 is 0 Å². The van der Waals surface area contributed by atoms with Gasteiger partial charge < -0.3 is 14.2 Å². The van der Waals surface area contributed by atoms with Gasteiger partial charge in [0.05, 0.1) is 6.42 Å². The highest BCUT2D eigenvalue weighted by atomic mass is 16.3. The van der Waals surface area contributed by atoms with E-state index in [1.165, 1.54) is 6.39 Å². The fourth-order valence-corrected chi connectivity index (χ4v) is 3.05. The largest absolute Gasteiger partial charge is 0.443 e. The summed E-state index contributed by atoms with van der Waals surface area (Å²) >= 11 is 0. The lowest BCUT2D eigenvalue weighted by Gasteiger charge is -2.23. The summed E-state index contributed by atoms with van der Waals surface area (Å²) in [5, 5.41) is 0. The molecule has 1 aliphatic heterocycles. The number of rotatable bonds is 3. The maximum Gasteiger partial charge on any atom is 0.227 e. The molecular formula is C18H23N3O3. The van der Waals surface area contributed by atoms with E-state index in [1.807, 2.05) is 41.8 Å². The minimum Gasteiger partial charge on any atom is -0.443 e. The molecule has 0 atom stereocenters. The second kappa shape index (κ2) is 7.03. The molecule has 6 heteroatoms. The molecule has 0 radical (unpaired) electrons. The van der Waals surface area contributed by atoms with Crippen LogP contribution in [0.4, 0.5) is 0 Å². The van der Waals surface area contributed by atoms with Crippen molar-refractivity contribution in [2.45, 2.75) is 26.7 Å². The topological polar surface area (TPSA) is 66.7 Å². The summed E-state index contributed by atoms with van der Waals surface area (Å²) in [5.74, 6) is 0.258. The lowest BCUT2D eigenvalue weighted by atomic mass is 10.1. The number of amides is 2. The average molecular weight is 329 g/mol. The smallest absolute Gasteiger partial charge is 0.227 e. The Morgan fingerprint density at radius 3 is 2.71 bits per heavy atom. The molecule has 0 spiro atoms. The first-order valence-corrected chi connectivity index (χ1v) is 8.43. The van der Waals surface area contributed by atoms with Gasteiger partial charge in [-0.15, -0.1) is 0 Å². The highest BCUT2D eigenvalue weighted by Gasteiger charge is 2.23. The van der Waals surface area contributed by atoms with Crippen LogP contribution in [-0.2, 0) is 16.0 Å². The normalized spacial score (nSPS) is 15.8. The van der Waals surface area contributed by atoms with E-state index in [9.17, 15) is 9.59 Å². The molecule has 2 heterocycles. The van der Waals surface area contributed by atoms with E-state index >= 15 is 0 Å². The van der Waals surface area contributed by atoms with Crippen LogP contribution in [-0.4, -0.2) is 52.8 Å². The van der Waals surface area contributed by atoms with Crippen LogP contribution in [0.5, 0.6) is 0 Å². The number of carbonyl (C=O) groups excluding carboxylic acids is 2. The Morgan fingerprint density at radius 2 is 1.92 bits per heavy atom. The van der Waals surface area contributed by atoms with Crippen LogP contribution in [0, 0.1) is 5.92 Å². The van der Waals surface area contributed by atoms with E-state index in [0.717, 1.165) is 24.0 Å². The van der Waals surface area contributed by atoms with Gasteiger partial charge in [0.1, 0.15) is 5.52 Å². The van der Waals surface area contributed by atoms with Crippen LogP contribution in [0.2, 0.25) is 0 Å². The van der Waals surface area contributed by atoms with Crippen LogP contribution in [0.1, 0.15) is 25.8 Å². The maximum absolute atomic E-state index is 12.6. The summed E-state index contributed by atoms with van der Waals surface area (Å²) in [6.45, 7) is 6.47. The highest BCUT2D eigenvalue weighted by molar-refractivity contribution is 5.81. The van der Waals surface area contributed by atoms with E-state index in [4.69, 9.17) is 4.42 Å². The average Bonchev–Trinajstić information content (AvgIpc) is 2.88. The predicted molar refractivity (Wildman–Crippen MR) is 90.3 cm³/mol. The van der Waals surface area contributed by atoms with Crippen molar-refractivity contribution in [1.82, 2.24) is 14.8 Å². The molecule has 2 aromatic rings. The summed E-state index contributed by atoms with van der Waals surface area (Å²) in [4.78, 5) is 32.5. The first-order valence-electron chi connectivity index (χ1n) is 8.43. The number of fused-ring (bicyclic) bond motifs is 1. The molecule has 0 unspecified atom stereocenters. The predicted octanol–water partition coefficient (Wildman–Crippen LogP) is 2.09. The van der Waals surface area contributed by atoms with Crippen molar-refractivity contribution < 1.29 is 14.0 Å². The molecule has 1 aromatic heterocycles. The Balaban J connectivity index is 1.61. The molecule has 1 aliphatic rings. The molecule has 0 N–H and O–H groups in total. The van der Waals surface area contributed by atoms with Crippen molar-refractivity contribution in [3.63, 3.8) is 0 Å². The zero-order chi connectivity index (χ0) is 17.1. The Kier molecular flexibility index (Phi) is 4.83. The van der Waals surface area contributed by atoms with Gasteiger partial charge in [-0.25, -0.2) is 4.98 Å². The summed E-state index contributed by atoms with van der Waals surface area (Å²) in [6, 6.07) is 5.65. The maximum atomic E-state index is 12.6. The number of oxazole rings is 1. The lowest BCUT2D eigenvalue weighted by molar-refractivity contribution is -0.135. The van der Waals surface area contributed by atoms with Gasteiger partial charge in [-0.2, -0.15) is 0 Å². The lowest BCUT2D eigenvalue weighted by Crippen LogP contribution is -2.39. The Hall–Kier alpha value is -2.37. The highest BCUT2D eigenvalue weighted by Crippen LogP contribution is 2.16. The van der Waals surface area contributed by atoms with Crippen molar-refractivity contribution in [1.29, 1.82) is 0 Å². The second-order valence-electron chi connectivity index (χ2n) is 6.55. The molecule has 128 valence electrons. The molecule has 1 aromatic carbocycles. The monoisotopic (exact) mass is 329 g/mol. The molecule has 6 nitrogen and oxygen atoms in total. The van der Waals surface area contributed by atoms with E-state index in [0.29, 0.717) is 31.6 Å². The number of benzene rings is 1. The third kappa shape index (κ3) is 3.58. The van der Waals surface area contributed by atoms with Gasteiger partial charge in [-0.3, -0.25) is 9.59 Å². The zero-order valence-corrected chi connectivity index (χ0v) is 14.2. The van der Waals surface area contributed by atoms with Crippen molar-refractivity contribution in [2.24, 2.45) is 5.92 Å². The molecule has 0 aliphatic carbocycles. The first-order chi connectivity index (χ1) is 11.5. The fourth-order valence-electron chi connectivity index (χ4n) is 3.05. The number of carbonyl (C=O) groups is 2. The Labute approximate surface area is 141 Å². The number of hydrogen-bond donors (Lipinski definition) is 0. The number of nitrogens with zero attached hydrogens (tertiary/aromatic N) is 3. The molecule has 1 fully saturated rings. The van der Waals surface area contributed by atoms with Gasteiger partial charge in [-0.05, 0) is 24.1 Å². The van der Waals surface area contributed by atoms with Gasteiger partial charge in [0.15, 0.2) is 12.0 Å². The minimum atomic E-state index is 0.000819. The van der Waals surface area contributed by atoms with E-state index in [1.54, 1.807) is 0 Å². The summed E-state index contributed by atoms with van der Waals surface area (Å²) in [6.07, 6.45) is 2.57. The Morgan fingerprint density at radius 1 is 1.17 bits per heavy atom. The van der Waals surface area contributed by atoms with Crippen LogP contribution in [0.15, 0.2) is 29.0 Å². The van der Waals surface area contributed by atoms with E-state index in [2.05, 4.69) is 4.98 Å². The molecule has 2 amide bonds. The van der Waals surface area contributed by atoms with Crippen LogP contribution in [0.25, 0.3) is 11.1 Å². The van der Waals surface area contributed by atoms with Crippen LogP contribution in [0.3, 0.4) is 0 Å². The van der Waals surface area contributed by atoms with E-state index < -0.39 is 0 Å². The molecule has 0 saturated carbocycles. The molecule has 0 bridgehead atoms. The van der Waals surface area contributed by atoms with Crippen molar-refractivity contribution >= 4 is 22.9 Å². The van der Waals surface area contributed by atoms with Gasteiger partial charge in [0.25, 0.3) is 0 Å². The summed E-state index contributed by atoms with van der Waals surface area (Å²) < 4.78 is 5.29. The first kappa shape index (κ1) is 16.5. The molecule has 3 rings (SSSR count). The second-order valence-corrected chi connectivity index (χ2v) is 6.55. The minimum absolute atomic E-state index is 0.000819. The number of hydrogen-bond acceptors (Lipinski definition) is 4. The third-order valence-electron chi connectivity index (χ3n) is 4.41. The van der Waals surface area contributed by atoms with Crippen molar-refractivity contribution in [3.8, 4) is 0 Å². The van der Waals surface area contributed by atoms with Gasteiger partial charge in [0, 0.05) is 32.1 Å². The van der Waals surface area contributed by atoms with Crippen molar-refractivity contribution in [2.75, 3.05) is 26.2 Å². The number of aromatic nitrogens is 1. The SMILES string of the molecule is CC(C)C(=O)N1CCCN(C(=O)Cc2ccc3ncoc3c2)CC1. The Bertz CT molecular complexity index is 738. The van der Waals surface area contributed by atoms with Gasteiger partial charge >= 0.3 is 0 Å². The molecule has 24 heavy (non-hydrogen) atoms. The van der Waals surface area contributed by atoms with E-state index in [-0.39, 0.29) is 17.7 Å². The summed E-state index contributed by atoms with van der Waals surface area (Å²) in [7, 11) is 0. The third-order valence-corrected chi connectivity index (χ3v) is 4.41. The zero-order valence-electron chi connectivity index (χ0n) is 14.2. The molecule has 1 saturated heterocycles. The summed E-state index contributed by atoms with van der Waals surface area (Å²) in [5.41, 5.74) is 2.41.